The average molecular weight is 434 g/mol. The summed E-state index contributed by atoms with van der Waals surface area (Å²) in [6.07, 6.45) is 8.39. The lowest BCUT2D eigenvalue weighted by Gasteiger charge is -2.31. The van der Waals surface area contributed by atoms with Crippen molar-refractivity contribution in [3.8, 4) is 0 Å². The van der Waals surface area contributed by atoms with Crippen LogP contribution < -0.4 is 10.6 Å². The molecule has 0 unspecified atom stereocenters. The van der Waals surface area contributed by atoms with E-state index in [9.17, 15) is 0 Å². The highest BCUT2D eigenvalue weighted by molar-refractivity contribution is 14.0. The molecule has 23 heavy (non-hydrogen) atoms. The molecule has 1 aliphatic rings. The summed E-state index contributed by atoms with van der Waals surface area (Å²) in [5.41, 5.74) is 0.441. The second-order valence-electron chi connectivity index (χ2n) is 6.94. The van der Waals surface area contributed by atoms with Crippen molar-refractivity contribution < 1.29 is 0 Å². The van der Waals surface area contributed by atoms with E-state index in [1.54, 1.807) is 6.33 Å². The molecule has 1 fully saturated rings. The number of nitrogens with zero attached hydrogens (tertiary/aromatic N) is 4. The summed E-state index contributed by atoms with van der Waals surface area (Å²) in [5, 5.41) is 14.8. The molecule has 1 heterocycles. The number of guanidine groups is 1. The van der Waals surface area contributed by atoms with Crippen LogP contribution in [0.15, 0.2) is 11.3 Å². The van der Waals surface area contributed by atoms with Crippen molar-refractivity contribution >= 4 is 29.9 Å². The number of nitrogens with one attached hydrogen (secondary N) is 2. The monoisotopic (exact) mass is 434 g/mol. The molecule has 7 heteroatoms. The Labute approximate surface area is 157 Å². The highest BCUT2D eigenvalue weighted by atomic mass is 127. The first-order valence-corrected chi connectivity index (χ1v) is 8.32. The van der Waals surface area contributed by atoms with E-state index >= 15 is 0 Å². The van der Waals surface area contributed by atoms with Gasteiger partial charge in [0.1, 0.15) is 6.33 Å². The minimum atomic E-state index is 0. The Morgan fingerprint density at radius 2 is 2.04 bits per heavy atom. The van der Waals surface area contributed by atoms with Gasteiger partial charge in [0.2, 0.25) is 0 Å². The summed E-state index contributed by atoms with van der Waals surface area (Å²) in [5.74, 6) is 2.49. The molecule has 132 valence electrons. The van der Waals surface area contributed by atoms with Crippen LogP contribution in [0.1, 0.15) is 51.8 Å². The first kappa shape index (κ1) is 20.2. The molecule has 2 N–H and O–H groups in total. The van der Waals surface area contributed by atoms with Gasteiger partial charge in [-0.1, -0.05) is 26.7 Å². The molecule has 0 radical (unpaired) electrons. The fourth-order valence-electron chi connectivity index (χ4n) is 3.57. The lowest BCUT2D eigenvalue weighted by atomic mass is 9.78. The van der Waals surface area contributed by atoms with Crippen LogP contribution in [-0.2, 0) is 13.6 Å². The van der Waals surface area contributed by atoms with Gasteiger partial charge in [-0.05, 0) is 30.6 Å². The van der Waals surface area contributed by atoms with E-state index in [0.717, 1.165) is 24.2 Å². The fraction of sp³-hybridized carbons (Fsp3) is 0.812. The van der Waals surface area contributed by atoms with Crippen LogP contribution in [0.4, 0.5) is 0 Å². The summed E-state index contributed by atoms with van der Waals surface area (Å²) >= 11 is 0. The van der Waals surface area contributed by atoms with E-state index in [1.165, 1.54) is 32.1 Å². The van der Waals surface area contributed by atoms with Crippen molar-refractivity contribution in [3.63, 3.8) is 0 Å². The van der Waals surface area contributed by atoms with E-state index in [1.807, 2.05) is 18.7 Å². The second kappa shape index (κ2) is 9.44. The van der Waals surface area contributed by atoms with E-state index < -0.39 is 0 Å². The molecule has 0 amide bonds. The number of rotatable bonds is 6. The topological polar surface area (TPSA) is 67.1 Å². The molecule has 1 aromatic rings. The average Bonchev–Trinajstić information content (AvgIpc) is 3.08. The third kappa shape index (κ3) is 5.93. The van der Waals surface area contributed by atoms with Crippen LogP contribution >= 0.6 is 24.0 Å². The van der Waals surface area contributed by atoms with Gasteiger partial charge >= 0.3 is 0 Å². The van der Waals surface area contributed by atoms with Crippen LogP contribution in [0.2, 0.25) is 0 Å². The Morgan fingerprint density at radius 1 is 1.35 bits per heavy atom. The van der Waals surface area contributed by atoms with Crippen molar-refractivity contribution in [1.82, 2.24) is 25.4 Å². The predicted molar refractivity (Wildman–Crippen MR) is 105 cm³/mol. The molecule has 1 aromatic heterocycles. The molecule has 1 aliphatic carbocycles. The number of halogens is 1. The van der Waals surface area contributed by atoms with E-state index in [2.05, 4.69) is 39.7 Å². The minimum absolute atomic E-state index is 0. The quantitative estimate of drug-likeness (QED) is 0.411. The number of aromatic nitrogens is 3. The Balaban J connectivity index is 0.00000264. The standard InChI is InChI=1S/C16H30N6.HI/c1-13(2)9-16(7-5-6-8-16)11-19-15(17-3)18-10-14-21-20-12-22(14)4;/h12-13H,5-11H2,1-4H3,(H2,17,18,19);1H. The van der Waals surface area contributed by atoms with Gasteiger partial charge in [-0.3, -0.25) is 4.99 Å². The molecular formula is C16H31IN6. The SMILES string of the molecule is CN=C(NCc1nncn1C)NCC1(CC(C)C)CCCC1.I. The first-order chi connectivity index (χ1) is 10.5. The minimum Gasteiger partial charge on any atom is -0.356 e. The van der Waals surface area contributed by atoms with Gasteiger partial charge in [-0.2, -0.15) is 0 Å². The lowest BCUT2D eigenvalue weighted by molar-refractivity contribution is 0.234. The van der Waals surface area contributed by atoms with Crippen molar-refractivity contribution in [3.05, 3.63) is 12.2 Å². The van der Waals surface area contributed by atoms with Crippen molar-refractivity contribution in [2.24, 2.45) is 23.4 Å². The molecule has 0 saturated heterocycles. The molecule has 0 aliphatic heterocycles. The fourth-order valence-corrected chi connectivity index (χ4v) is 3.57. The molecule has 0 bridgehead atoms. The van der Waals surface area contributed by atoms with Crippen molar-refractivity contribution in [2.45, 2.75) is 52.5 Å². The van der Waals surface area contributed by atoms with Gasteiger partial charge in [-0.15, -0.1) is 34.2 Å². The van der Waals surface area contributed by atoms with E-state index in [0.29, 0.717) is 12.0 Å². The molecule has 2 rings (SSSR count). The second-order valence-corrected chi connectivity index (χ2v) is 6.94. The summed E-state index contributed by atoms with van der Waals surface area (Å²) in [6.45, 7) is 6.28. The summed E-state index contributed by atoms with van der Waals surface area (Å²) in [6, 6.07) is 0. The van der Waals surface area contributed by atoms with Crippen molar-refractivity contribution in [1.29, 1.82) is 0 Å². The predicted octanol–water partition coefficient (Wildman–Crippen LogP) is 2.70. The number of hydrogen-bond donors (Lipinski definition) is 2. The third-order valence-electron chi connectivity index (χ3n) is 4.58. The highest BCUT2D eigenvalue weighted by Crippen LogP contribution is 2.42. The summed E-state index contributed by atoms with van der Waals surface area (Å²) in [4.78, 5) is 4.33. The molecule has 0 aromatic carbocycles. The smallest absolute Gasteiger partial charge is 0.191 e. The summed E-state index contributed by atoms with van der Waals surface area (Å²) in [7, 11) is 3.76. The molecule has 0 spiro atoms. The molecular weight excluding hydrogens is 403 g/mol. The van der Waals surface area contributed by atoms with Crippen molar-refractivity contribution in [2.75, 3.05) is 13.6 Å². The maximum Gasteiger partial charge on any atom is 0.191 e. The van der Waals surface area contributed by atoms with Crippen LogP contribution in [-0.4, -0.2) is 34.3 Å². The molecule has 1 saturated carbocycles. The van der Waals surface area contributed by atoms with Gasteiger partial charge < -0.3 is 15.2 Å². The van der Waals surface area contributed by atoms with Crippen LogP contribution in [0.25, 0.3) is 0 Å². The highest BCUT2D eigenvalue weighted by Gasteiger charge is 2.34. The van der Waals surface area contributed by atoms with Gasteiger partial charge in [0.15, 0.2) is 11.8 Å². The summed E-state index contributed by atoms with van der Waals surface area (Å²) < 4.78 is 1.91. The lowest BCUT2D eigenvalue weighted by Crippen LogP contribution is -2.43. The Kier molecular flexibility index (Phi) is 8.28. The van der Waals surface area contributed by atoms with Crippen LogP contribution in [0, 0.1) is 11.3 Å². The number of hydrogen-bond acceptors (Lipinski definition) is 3. The first-order valence-electron chi connectivity index (χ1n) is 8.32. The maximum absolute atomic E-state index is 4.33. The molecule has 6 nitrogen and oxygen atoms in total. The van der Waals surface area contributed by atoms with Crippen LogP contribution in [0.5, 0.6) is 0 Å². The molecule has 0 atom stereocenters. The maximum atomic E-state index is 4.33. The van der Waals surface area contributed by atoms with E-state index in [4.69, 9.17) is 0 Å². The largest absolute Gasteiger partial charge is 0.356 e. The van der Waals surface area contributed by atoms with Gasteiger partial charge in [0.25, 0.3) is 0 Å². The van der Waals surface area contributed by atoms with E-state index in [-0.39, 0.29) is 24.0 Å². The zero-order valence-electron chi connectivity index (χ0n) is 14.8. The normalized spacial score (nSPS) is 17.2. The van der Waals surface area contributed by atoms with Crippen LogP contribution in [0.3, 0.4) is 0 Å². The number of aliphatic imine (C=N–C) groups is 1. The number of aryl methyl sites for hydroxylation is 1. The van der Waals surface area contributed by atoms with Gasteiger partial charge in [-0.25, -0.2) is 0 Å². The Hall–Kier alpha value is -0.860. The zero-order chi connectivity index (χ0) is 16.0. The van der Waals surface area contributed by atoms with Gasteiger partial charge in [0.05, 0.1) is 6.54 Å². The Bertz CT molecular complexity index is 491. The van der Waals surface area contributed by atoms with Gasteiger partial charge in [0, 0.05) is 20.6 Å². The zero-order valence-corrected chi connectivity index (χ0v) is 17.1. The Morgan fingerprint density at radius 3 is 2.57 bits per heavy atom. The third-order valence-corrected chi connectivity index (χ3v) is 4.58.